The quantitative estimate of drug-likeness (QED) is 0.854. The number of carbonyl (C=O) groups excluding carboxylic acids is 1. The molecule has 20 heavy (non-hydrogen) atoms. The fourth-order valence-corrected chi connectivity index (χ4v) is 2.29. The molecule has 6 heteroatoms. The van der Waals surface area contributed by atoms with E-state index in [1.54, 1.807) is 0 Å². The molecule has 2 rings (SSSR count). The highest BCUT2D eigenvalue weighted by atomic mass is 16.2. The van der Waals surface area contributed by atoms with Crippen molar-refractivity contribution in [1.29, 1.82) is 0 Å². The zero-order valence-corrected chi connectivity index (χ0v) is 12.8. The largest absolute Gasteiger partial charge is 0.350 e. The second-order valence-corrected chi connectivity index (χ2v) is 6.24. The number of fused-ring (bicyclic) bond motifs is 1. The summed E-state index contributed by atoms with van der Waals surface area (Å²) >= 11 is 0. The van der Waals surface area contributed by atoms with Crippen LogP contribution in [0.2, 0.25) is 0 Å². The minimum absolute atomic E-state index is 0.0716. The van der Waals surface area contributed by atoms with Crippen molar-refractivity contribution in [2.75, 3.05) is 0 Å². The Bertz CT molecular complexity index is 480. The van der Waals surface area contributed by atoms with Crippen LogP contribution in [-0.4, -0.2) is 32.8 Å². The van der Waals surface area contributed by atoms with E-state index in [4.69, 9.17) is 5.73 Å². The van der Waals surface area contributed by atoms with Gasteiger partial charge in [-0.2, -0.15) is 5.10 Å². The van der Waals surface area contributed by atoms with E-state index in [1.807, 2.05) is 18.5 Å². The van der Waals surface area contributed by atoms with Gasteiger partial charge in [-0.05, 0) is 12.3 Å². The van der Waals surface area contributed by atoms with Crippen LogP contribution in [0.3, 0.4) is 0 Å². The number of nitrogens with zero attached hydrogens (tertiary/aromatic N) is 3. The second kappa shape index (κ2) is 5.91. The fraction of sp³-hybridized carbons (Fsp3) is 0.786. The first kappa shape index (κ1) is 15.0. The molecule has 1 aliphatic heterocycles. The summed E-state index contributed by atoms with van der Waals surface area (Å²) in [5.74, 6) is 2.31. The average molecular weight is 279 g/mol. The zero-order chi connectivity index (χ0) is 14.9. The van der Waals surface area contributed by atoms with Crippen LogP contribution in [0.25, 0.3) is 0 Å². The van der Waals surface area contributed by atoms with Crippen LogP contribution in [0.1, 0.15) is 51.7 Å². The maximum Gasteiger partial charge on any atom is 0.237 e. The molecule has 1 aliphatic rings. The fourth-order valence-electron chi connectivity index (χ4n) is 2.29. The Morgan fingerprint density at radius 3 is 2.70 bits per heavy atom. The summed E-state index contributed by atoms with van der Waals surface area (Å²) in [6.45, 7) is 8.77. The normalized spacial score (nSPS) is 20.1. The van der Waals surface area contributed by atoms with Gasteiger partial charge in [0.25, 0.3) is 0 Å². The van der Waals surface area contributed by atoms with Crippen molar-refractivity contribution in [1.82, 2.24) is 20.1 Å². The lowest BCUT2D eigenvalue weighted by molar-refractivity contribution is -0.124. The maximum absolute atomic E-state index is 12.0. The minimum Gasteiger partial charge on any atom is -0.350 e. The first-order valence-electron chi connectivity index (χ1n) is 7.38. The topological polar surface area (TPSA) is 85.8 Å². The number of nitrogens with one attached hydrogen (secondary N) is 1. The molecule has 3 N–H and O–H groups in total. The van der Waals surface area contributed by atoms with Crippen molar-refractivity contribution in [2.45, 2.75) is 65.1 Å². The average Bonchev–Trinajstić information content (AvgIpc) is 2.80. The van der Waals surface area contributed by atoms with Crippen LogP contribution in [0.15, 0.2) is 0 Å². The molecule has 0 aromatic carbocycles. The van der Waals surface area contributed by atoms with Crippen LogP contribution in [0.5, 0.6) is 0 Å². The molecule has 0 spiro atoms. The van der Waals surface area contributed by atoms with Crippen molar-refractivity contribution in [3.63, 3.8) is 0 Å². The predicted octanol–water partition coefficient (Wildman–Crippen LogP) is 0.816. The molecule has 6 nitrogen and oxygen atoms in total. The lowest BCUT2D eigenvalue weighted by Gasteiger charge is -2.25. The van der Waals surface area contributed by atoms with E-state index >= 15 is 0 Å². The molecule has 0 fully saturated rings. The third-order valence-corrected chi connectivity index (χ3v) is 3.76. The highest BCUT2D eigenvalue weighted by molar-refractivity contribution is 5.82. The number of carbonyl (C=O) groups is 1. The SMILES string of the molecule is CC(C)c1nc2n(n1)CC(NC(=O)[C@@H](N)C(C)C)CC2. The number of aromatic nitrogens is 3. The van der Waals surface area contributed by atoms with Gasteiger partial charge in [0.2, 0.25) is 5.91 Å². The summed E-state index contributed by atoms with van der Waals surface area (Å²) in [6, 6.07) is -0.347. The van der Waals surface area contributed by atoms with Gasteiger partial charge >= 0.3 is 0 Å². The smallest absolute Gasteiger partial charge is 0.237 e. The number of rotatable bonds is 4. The van der Waals surface area contributed by atoms with Crippen LogP contribution in [0, 0.1) is 5.92 Å². The zero-order valence-electron chi connectivity index (χ0n) is 12.8. The molecular weight excluding hydrogens is 254 g/mol. The summed E-state index contributed by atoms with van der Waals surface area (Å²) in [6.07, 6.45) is 1.74. The molecular formula is C14H25N5O. The first-order valence-corrected chi connectivity index (χ1v) is 7.38. The Morgan fingerprint density at radius 1 is 1.40 bits per heavy atom. The Hall–Kier alpha value is -1.43. The van der Waals surface area contributed by atoms with E-state index < -0.39 is 6.04 Å². The summed E-state index contributed by atoms with van der Waals surface area (Å²) in [5.41, 5.74) is 5.87. The summed E-state index contributed by atoms with van der Waals surface area (Å²) in [4.78, 5) is 16.5. The van der Waals surface area contributed by atoms with Crippen LogP contribution >= 0.6 is 0 Å². The molecule has 0 aliphatic carbocycles. The molecule has 0 radical (unpaired) electrons. The number of amides is 1. The molecule has 0 bridgehead atoms. The lowest BCUT2D eigenvalue weighted by atomic mass is 10.0. The van der Waals surface area contributed by atoms with Gasteiger partial charge < -0.3 is 11.1 Å². The first-order chi connectivity index (χ1) is 9.38. The Balaban J connectivity index is 1.99. The van der Waals surface area contributed by atoms with E-state index in [1.165, 1.54) is 0 Å². The monoisotopic (exact) mass is 279 g/mol. The minimum atomic E-state index is -0.446. The van der Waals surface area contributed by atoms with Crippen LogP contribution in [-0.2, 0) is 17.8 Å². The summed E-state index contributed by atoms with van der Waals surface area (Å²) in [5, 5.41) is 7.54. The van der Waals surface area contributed by atoms with E-state index in [0.29, 0.717) is 12.5 Å². The highest BCUT2D eigenvalue weighted by Gasteiger charge is 2.26. The maximum atomic E-state index is 12.0. The molecule has 1 aromatic rings. The molecule has 112 valence electrons. The van der Waals surface area contributed by atoms with Crippen LogP contribution in [0.4, 0.5) is 0 Å². The highest BCUT2D eigenvalue weighted by Crippen LogP contribution is 2.17. The van der Waals surface area contributed by atoms with Crippen molar-refractivity contribution in [2.24, 2.45) is 11.7 Å². The summed E-state index contributed by atoms with van der Waals surface area (Å²) in [7, 11) is 0. The molecule has 0 saturated heterocycles. The van der Waals surface area contributed by atoms with Crippen molar-refractivity contribution in [3.8, 4) is 0 Å². The second-order valence-electron chi connectivity index (χ2n) is 6.24. The van der Waals surface area contributed by atoms with Gasteiger partial charge in [0.15, 0.2) is 5.82 Å². The van der Waals surface area contributed by atoms with Gasteiger partial charge in [0.05, 0.1) is 12.6 Å². The molecule has 1 amide bonds. The number of aryl methyl sites for hydroxylation is 1. The summed E-state index contributed by atoms with van der Waals surface area (Å²) < 4.78 is 1.92. The van der Waals surface area contributed by atoms with Crippen LogP contribution < -0.4 is 11.1 Å². The van der Waals surface area contributed by atoms with Gasteiger partial charge in [-0.3, -0.25) is 4.79 Å². The number of hydrogen-bond acceptors (Lipinski definition) is 4. The number of hydrogen-bond donors (Lipinski definition) is 2. The van der Waals surface area contributed by atoms with Crippen molar-refractivity contribution in [3.05, 3.63) is 11.6 Å². The molecule has 1 unspecified atom stereocenters. The third kappa shape index (κ3) is 3.17. The lowest BCUT2D eigenvalue weighted by Crippen LogP contribution is -2.50. The Labute approximate surface area is 120 Å². The number of nitrogens with two attached hydrogens (primary N) is 1. The molecule has 1 aromatic heterocycles. The molecule has 2 heterocycles. The predicted molar refractivity (Wildman–Crippen MR) is 77.2 cm³/mol. The molecule has 0 saturated carbocycles. The van der Waals surface area contributed by atoms with E-state index in [2.05, 4.69) is 29.2 Å². The Kier molecular flexibility index (Phi) is 4.42. The third-order valence-electron chi connectivity index (χ3n) is 3.76. The van der Waals surface area contributed by atoms with Gasteiger partial charge in [-0.1, -0.05) is 27.7 Å². The van der Waals surface area contributed by atoms with E-state index in [-0.39, 0.29) is 17.9 Å². The van der Waals surface area contributed by atoms with E-state index in [9.17, 15) is 4.79 Å². The molecule has 2 atom stereocenters. The van der Waals surface area contributed by atoms with Crippen molar-refractivity contribution < 1.29 is 4.79 Å². The van der Waals surface area contributed by atoms with E-state index in [0.717, 1.165) is 24.5 Å². The van der Waals surface area contributed by atoms with Gasteiger partial charge in [0.1, 0.15) is 5.82 Å². The van der Waals surface area contributed by atoms with Gasteiger partial charge in [-0.25, -0.2) is 9.67 Å². The van der Waals surface area contributed by atoms with Gasteiger partial charge in [0, 0.05) is 18.4 Å². The standard InChI is InChI=1S/C14H25N5O/c1-8(2)12(15)14(20)16-10-5-6-11-17-13(9(3)4)18-19(11)7-10/h8-10,12H,5-7,15H2,1-4H3,(H,16,20)/t10?,12-/m0/s1. The van der Waals surface area contributed by atoms with Gasteiger partial charge in [-0.15, -0.1) is 0 Å². The van der Waals surface area contributed by atoms with Crippen molar-refractivity contribution >= 4 is 5.91 Å². The Morgan fingerprint density at radius 2 is 2.10 bits per heavy atom.